The summed E-state index contributed by atoms with van der Waals surface area (Å²) < 4.78 is 10.5. The normalized spacial score (nSPS) is 15.1. The van der Waals surface area contributed by atoms with E-state index in [9.17, 15) is 5.11 Å². The topological polar surface area (TPSA) is 38.7 Å². The van der Waals surface area contributed by atoms with Crippen molar-refractivity contribution in [1.82, 2.24) is 0 Å². The van der Waals surface area contributed by atoms with E-state index in [1.54, 1.807) is 6.07 Å². The minimum Gasteiger partial charge on any atom is -0.454 e. The Morgan fingerprint density at radius 2 is 2.19 bits per heavy atom. The average molecular weight is 221 g/mol. The quantitative estimate of drug-likeness (QED) is 0.777. The summed E-state index contributed by atoms with van der Waals surface area (Å²) in [5.74, 6) is 1.42. The molecule has 0 fully saturated rings. The Kier molecular flexibility index (Phi) is 3.67. The fourth-order valence-electron chi connectivity index (χ4n) is 1.79. The van der Waals surface area contributed by atoms with E-state index >= 15 is 0 Å². The number of hydrogen-bond acceptors (Lipinski definition) is 3. The van der Waals surface area contributed by atoms with Crippen molar-refractivity contribution in [2.45, 2.75) is 38.7 Å². The molecule has 2 rings (SSSR count). The Morgan fingerprint density at radius 3 is 3.00 bits per heavy atom. The molecule has 1 N–H and O–H groups in total. The van der Waals surface area contributed by atoms with Gasteiger partial charge in [-0.1, -0.05) is 26.2 Å². The molecule has 0 bridgehead atoms. The minimum absolute atomic E-state index is 0.262. The highest BCUT2D eigenvalue weighted by Gasteiger charge is 2.16. The van der Waals surface area contributed by atoms with E-state index < -0.39 is 6.10 Å². The Balaban J connectivity index is 1.98. The molecule has 0 saturated carbocycles. The van der Waals surface area contributed by atoms with Gasteiger partial charge in [-0.3, -0.25) is 0 Å². The number of ether oxygens (including phenoxy) is 2. The first-order chi connectivity index (χ1) is 7.81. The second-order valence-electron chi connectivity index (χ2n) is 4.03. The van der Waals surface area contributed by atoms with Gasteiger partial charge in [0.05, 0.1) is 6.10 Å². The summed E-state index contributed by atoms with van der Waals surface area (Å²) in [5, 5.41) is 9.95. The van der Waals surface area contributed by atoms with Crippen LogP contribution in [0, 0.1) is 6.07 Å². The summed E-state index contributed by atoms with van der Waals surface area (Å²) in [4.78, 5) is 0. The van der Waals surface area contributed by atoms with Gasteiger partial charge in [0.25, 0.3) is 0 Å². The highest BCUT2D eigenvalue weighted by Crippen LogP contribution is 2.34. The van der Waals surface area contributed by atoms with Crippen molar-refractivity contribution in [2.75, 3.05) is 6.79 Å². The van der Waals surface area contributed by atoms with Crippen molar-refractivity contribution in [3.63, 3.8) is 0 Å². The number of aliphatic hydroxyl groups excluding tert-OH is 1. The van der Waals surface area contributed by atoms with Crippen LogP contribution >= 0.6 is 0 Å². The van der Waals surface area contributed by atoms with Crippen LogP contribution in [-0.2, 0) is 0 Å². The lowest BCUT2D eigenvalue weighted by Gasteiger charge is -2.10. The summed E-state index contributed by atoms with van der Waals surface area (Å²) in [6, 6.07) is 6.60. The second-order valence-corrected chi connectivity index (χ2v) is 4.03. The number of fused-ring (bicyclic) bond motifs is 1. The largest absolute Gasteiger partial charge is 0.454 e. The monoisotopic (exact) mass is 221 g/mol. The zero-order valence-electron chi connectivity index (χ0n) is 9.53. The van der Waals surface area contributed by atoms with E-state index in [2.05, 4.69) is 13.0 Å². The average Bonchev–Trinajstić information content (AvgIpc) is 2.76. The van der Waals surface area contributed by atoms with Gasteiger partial charge >= 0.3 is 0 Å². The highest BCUT2D eigenvalue weighted by atomic mass is 16.7. The van der Waals surface area contributed by atoms with Crippen LogP contribution in [-0.4, -0.2) is 11.9 Å². The molecule has 0 aromatic heterocycles. The van der Waals surface area contributed by atoms with E-state index in [0.717, 1.165) is 31.2 Å². The van der Waals surface area contributed by atoms with Gasteiger partial charge in [-0.15, -0.1) is 0 Å². The molecule has 1 heterocycles. The molecular formula is C13H17O3. The predicted octanol–water partition coefficient (Wildman–Crippen LogP) is 2.83. The van der Waals surface area contributed by atoms with E-state index in [4.69, 9.17) is 9.47 Å². The molecule has 1 radical (unpaired) electrons. The summed E-state index contributed by atoms with van der Waals surface area (Å²) in [7, 11) is 0. The van der Waals surface area contributed by atoms with Crippen LogP contribution in [0.4, 0.5) is 0 Å². The lowest BCUT2D eigenvalue weighted by atomic mass is 10.0. The first-order valence-corrected chi connectivity index (χ1v) is 5.80. The standard InChI is InChI=1S/C13H17O3/c1-2-3-4-5-11(14)10-6-7-12-13(8-10)16-9-15-12/h7-8,11,14H,2-5,9H2,1H3. The van der Waals surface area contributed by atoms with Gasteiger partial charge < -0.3 is 14.6 Å². The van der Waals surface area contributed by atoms with Gasteiger partial charge in [-0.2, -0.15) is 0 Å². The predicted molar refractivity (Wildman–Crippen MR) is 60.5 cm³/mol. The SMILES string of the molecule is CCCCCC(O)c1[c]cc2c(c1)OCO2. The van der Waals surface area contributed by atoms with Crippen molar-refractivity contribution >= 4 is 0 Å². The summed E-state index contributed by atoms with van der Waals surface area (Å²) in [6.45, 7) is 2.41. The first kappa shape index (κ1) is 11.3. The lowest BCUT2D eigenvalue weighted by Crippen LogP contribution is -1.97. The van der Waals surface area contributed by atoms with Gasteiger partial charge in [0.2, 0.25) is 6.79 Å². The maximum absolute atomic E-state index is 9.95. The van der Waals surface area contributed by atoms with E-state index in [0.29, 0.717) is 11.5 Å². The van der Waals surface area contributed by atoms with Crippen LogP contribution in [0.3, 0.4) is 0 Å². The summed E-state index contributed by atoms with van der Waals surface area (Å²) in [5.41, 5.74) is 0.792. The fourth-order valence-corrected chi connectivity index (χ4v) is 1.79. The maximum Gasteiger partial charge on any atom is 0.231 e. The molecule has 16 heavy (non-hydrogen) atoms. The number of aliphatic hydroxyl groups is 1. The number of unbranched alkanes of at least 4 members (excludes halogenated alkanes) is 2. The number of benzene rings is 1. The van der Waals surface area contributed by atoms with E-state index in [1.165, 1.54) is 0 Å². The molecule has 3 heteroatoms. The molecule has 1 aliphatic heterocycles. The summed E-state index contributed by atoms with van der Waals surface area (Å²) >= 11 is 0. The molecule has 0 aliphatic carbocycles. The minimum atomic E-state index is -0.443. The van der Waals surface area contributed by atoms with Gasteiger partial charge in [0.15, 0.2) is 11.5 Å². The first-order valence-electron chi connectivity index (χ1n) is 5.80. The van der Waals surface area contributed by atoms with Crippen LogP contribution in [0.1, 0.15) is 44.3 Å². The lowest BCUT2D eigenvalue weighted by molar-refractivity contribution is 0.162. The van der Waals surface area contributed by atoms with Crippen LogP contribution in [0.25, 0.3) is 0 Å². The van der Waals surface area contributed by atoms with Gasteiger partial charge in [0.1, 0.15) is 0 Å². The molecule has 0 amide bonds. The smallest absolute Gasteiger partial charge is 0.231 e. The van der Waals surface area contributed by atoms with Crippen molar-refractivity contribution in [3.05, 3.63) is 23.8 Å². The number of hydrogen-bond donors (Lipinski definition) is 1. The number of rotatable bonds is 5. The fraction of sp³-hybridized carbons (Fsp3) is 0.538. The maximum atomic E-state index is 9.95. The van der Waals surface area contributed by atoms with Crippen LogP contribution in [0.15, 0.2) is 12.1 Å². The zero-order chi connectivity index (χ0) is 11.4. The molecule has 3 nitrogen and oxygen atoms in total. The molecule has 1 aliphatic rings. The Bertz CT molecular complexity index is 349. The molecule has 1 aromatic carbocycles. The molecular weight excluding hydrogens is 204 g/mol. The van der Waals surface area contributed by atoms with Crippen LogP contribution in [0.2, 0.25) is 0 Å². The van der Waals surface area contributed by atoms with Gasteiger partial charge in [-0.25, -0.2) is 0 Å². The molecule has 1 atom stereocenters. The Labute approximate surface area is 96.0 Å². The van der Waals surface area contributed by atoms with E-state index in [1.807, 2.05) is 6.07 Å². The highest BCUT2D eigenvalue weighted by molar-refractivity contribution is 5.44. The Morgan fingerprint density at radius 1 is 1.38 bits per heavy atom. The van der Waals surface area contributed by atoms with Gasteiger partial charge in [0, 0.05) is 0 Å². The summed E-state index contributed by atoms with van der Waals surface area (Å²) in [6.07, 6.45) is 3.70. The molecule has 87 valence electrons. The molecule has 1 unspecified atom stereocenters. The van der Waals surface area contributed by atoms with Gasteiger partial charge in [-0.05, 0) is 30.2 Å². The van der Waals surface area contributed by atoms with Crippen molar-refractivity contribution < 1.29 is 14.6 Å². The third kappa shape index (κ3) is 2.47. The van der Waals surface area contributed by atoms with Crippen molar-refractivity contribution in [2.24, 2.45) is 0 Å². The molecule has 1 aromatic rings. The second kappa shape index (κ2) is 5.21. The molecule has 0 spiro atoms. The zero-order valence-corrected chi connectivity index (χ0v) is 9.53. The molecule has 0 saturated heterocycles. The third-order valence-corrected chi connectivity index (χ3v) is 2.77. The van der Waals surface area contributed by atoms with E-state index in [-0.39, 0.29) is 6.79 Å². The van der Waals surface area contributed by atoms with Crippen LogP contribution < -0.4 is 9.47 Å². The van der Waals surface area contributed by atoms with Crippen LogP contribution in [0.5, 0.6) is 11.5 Å². The Hall–Kier alpha value is -1.22. The third-order valence-electron chi connectivity index (χ3n) is 2.77. The van der Waals surface area contributed by atoms with Crippen molar-refractivity contribution in [1.29, 1.82) is 0 Å². The van der Waals surface area contributed by atoms with Crippen molar-refractivity contribution in [3.8, 4) is 11.5 Å².